The molecule has 1 atom stereocenters. The van der Waals surface area contributed by atoms with Crippen molar-refractivity contribution in [3.05, 3.63) is 0 Å². The van der Waals surface area contributed by atoms with Crippen LogP contribution in [-0.2, 0) is 9.59 Å². The Bertz CT molecular complexity index is 250. The second-order valence-electron chi connectivity index (χ2n) is 4.28. The Kier molecular flexibility index (Phi) is 5.25. The van der Waals surface area contributed by atoms with Gasteiger partial charge in [0.05, 0.1) is 0 Å². The summed E-state index contributed by atoms with van der Waals surface area (Å²) >= 11 is 0. The zero-order chi connectivity index (χ0) is 12.0. The standard InChI is InChI=1S/C11H20N2O3/c1-9(11(15)16)12-10(14)5-8-13-6-3-2-4-7-13/h9H,2-8H2,1H3,(H,12,14)(H,15,16). The molecule has 0 aromatic heterocycles. The van der Waals surface area contributed by atoms with Crippen molar-refractivity contribution >= 4 is 11.9 Å². The number of hydrogen-bond acceptors (Lipinski definition) is 3. The Balaban J connectivity index is 2.16. The molecule has 0 spiro atoms. The lowest BCUT2D eigenvalue weighted by atomic mass is 10.1. The lowest BCUT2D eigenvalue weighted by molar-refractivity contribution is -0.141. The highest BCUT2D eigenvalue weighted by Gasteiger charge is 2.15. The fourth-order valence-electron chi connectivity index (χ4n) is 1.82. The summed E-state index contributed by atoms with van der Waals surface area (Å²) in [6.45, 7) is 4.32. The number of carboxylic acids is 1. The number of amides is 1. The van der Waals surface area contributed by atoms with E-state index in [1.165, 1.54) is 26.2 Å². The van der Waals surface area contributed by atoms with Gasteiger partial charge >= 0.3 is 5.97 Å². The number of carbonyl (C=O) groups is 2. The average molecular weight is 228 g/mol. The second kappa shape index (κ2) is 6.48. The Morgan fingerprint density at radius 2 is 1.94 bits per heavy atom. The molecule has 92 valence electrons. The number of aliphatic carboxylic acids is 1. The normalized spacial score (nSPS) is 19.1. The van der Waals surface area contributed by atoms with Gasteiger partial charge in [-0.2, -0.15) is 0 Å². The highest BCUT2D eigenvalue weighted by atomic mass is 16.4. The molecule has 5 heteroatoms. The predicted octanol–water partition coefficient (Wildman–Crippen LogP) is 0.452. The summed E-state index contributed by atoms with van der Waals surface area (Å²) in [5.41, 5.74) is 0. The van der Waals surface area contributed by atoms with Crippen molar-refractivity contribution in [3.63, 3.8) is 0 Å². The van der Waals surface area contributed by atoms with Gasteiger partial charge in [0.2, 0.25) is 5.91 Å². The van der Waals surface area contributed by atoms with Crippen molar-refractivity contribution in [3.8, 4) is 0 Å². The third-order valence-corrected chi connectivity index (χ3v) is 2.85. The molecule has 0 radical (unpaired) electrons. The van der Waals surface area contributed by atoms with Crippen LogP contribution < -0.4 is 5.32 Å². The van der Waals surface area contributed by atoms with E-state index in [0.717, 1.165) is 19.6 Å². The van der Waals surface area contributed by atoms with Gasteiger partial charge in [0, 0.05) is 13.0 Å². The molecule has 1 amide bonds. The van der Waals surface area contributed by atoms with E-state index in [1.807, 2.05) is 0 Å². The van der Waals surface area contributed by atoms with E-state index in [-0.39, 0.29) is 5.91 Å². The van der Waals surface area contributed by atoms with Crippen molar-refractivity contribution < 1.29 is 14.7 Å². The Hall–Kier alpha value is -1.10. The number of hydrogen-bond donors (Lipinski definition) is 2. The number of nitrogens with one attached hydrogen (secondary N) is 1. The minimum Gasteiger partial charge on any atom is -0.480 e. The molecule has 0 aromatic rings. The van der Waals surface area contributed by atoms with Crippen molar-refractivity contribution in [2.45, 2.75) is 38.6 Å². The van der Waals surface area contributed by atoms with Crippen LogP contribution in [-0.4, -0.2) is 47.6 Å². The SMILES string of the molecule is CC(NC(=O)CCN1CCCCC1)C(=O)O. The minimum absolute atomic E-state index is 0.180. The Morgan fingerprint density at radius 3 is 2.50 bits per heavy atom. The van der Waals surface area contributed by atoms with Gasteiger partial charge in [-0.25, -0.2) is 0 Å². The Labute approximate surface area is 95.8 Å². The van der Waals surface area contributed by atoms with E-state index < -0.39 is 12.0 Å². The van der Waals surface area contributed by atoms with Gasteiger partial charge in [0.25, 0.3) is 0 Å². The predicted molar refractivity (Wildman–Crippen MR) is 60.1 cm³/mol. The largest absolute Gasteiger partial charge is 0.480 e. The quantitative estimate of drug-likeness (QED) is 0.717. The van der Waals surface area contributed by atoms with Gasteiger partial charge in [-0.05, 0) is 32.9 Å². The summed E-state index contributed by atoms with van der Waals surface area (Å²) in [6.07, 6.45) is 4.07. The molecular weight excluding hydrogens is 208 g/mol. The van der Waals surface area contributed by atoms with E-state index in [0.29, 0.717) is 6.42 Å². The molecule has 1 unspecified atom stereocenters. The van der Waals surface area contributed by atoms with Crippen LogP contribution in [0.1, 0.15) is 32.6 Å². The van der Waals surface area contributed by atoms with Crippen LogP contribution >= 0.6 is 0 Å². The first kappa shape index (κ1) is 13.0. The van der Waals surface area contributed by atoms with Crippen LogP contribution in [0.2, 0.25) is 0 Å². The molecule has 1 saturated heterocycles. The zero-order valence-corrected chi connectivity index (χ0v) is 9.74. The molecule has 5 nitrogen and oxygen atoms in total. The van der Waals surface area contributed by atoms with Crippen molar-refractivity contribution in [1.82, 2.24) is 10.2 Å². The van der Waals surface area contributed by atoms with Crippen LogP contribution in [0, 0.1) is 0 Å². The van der Waals surface area contributed by atoms with Gasteiger partial charge in [-0.15, -0.1) is 0 Å². The summed E-state index contributed by atoms with van der Waals surface area (Å²) in [4.78, 5) is 24.2. The summed E-state index contributed by atoms with van der Waals surface area (Å²) in [7, 11) is 0. The Morgan fingerprint density at radius 1 is 1.31 bits per heavy atom. The van der Waals surface area contributed by atoms with E-state index >= 15 is 0 Å². The van der Waals surface area contributed by atoms with Crippen molar-refractivity contribution in [2.24, 2.45) is 0 Å². The number of rotatable bonds is 5. The first-order valence-corrected chi connectivity index (χ1v) is 5.84. The second-order valence-corrected chi connectivity index (χ2v) is 4.28. The number of carbonyl (C=O) groups excluding carboxylic acids is 1. The highest BCUT2D eigenvalue weighted by Crippen LogP contribution is 2.08. The van der Waals surface area contributed by atoms with E-state index in [2.05, 4.69) is 10.2 Å². The number of carboxylic acid groups (broad SMARTS) is 1. The molecule has 0 aromatic carbocycles. The van der Waals surface area contributed by atoms with Crippen LogP contribution in [0.25, 0.3) is 0 Å². The van der Waals surface area contributed by atoms with Gasteiger partial charge < -0.3 is 15.3 Å². The monoisotopic (exact) mass is 228 g/mol. The van der Waals surface area contributed by atoms with E-state index in [4.69, 9.17) is 5.11 Å². The molecule has 1 aliphatic rings. The third kappa shape index (κ3) is 4.61. The topological polar surface area (TPSA) is 69.6 Å². The summed E-state index contributed by atoms with van der Waals surface area (Å²) in [5.74, 6) is -1.17. The molecule has 16 heavy (non-hydrogen) atoms. The molecule has 0 saturated carbocycles. The fourth-order valence-corrected chi connectivity index (χ4v) is 1.82. The number of piperidine rings is 1. The molecule has 1 aliphatic heterocycles. The zero-order valence-electron chi connectivity index (χ0n) is 9.74. The van der Waals surface area contributed by atoms with Gasteiger partial charge in [0.15, 0.2) is 0 Å². The molecular formula is C11H20N2O3. The fraction of sp³-hybridized carbons (Fsp3) is 0.818. The van der Waals surface area contributed by atoms with E-state index in [9.17, 15) is 9.59 Å². The van der Waals surface area contributed by atoms with Crippen LogP contribution in [0.3, 0.4) is 0 Å². The van der Waals surface area contributed by atoms with Gasteiger partial charge in [-0.1, -0.05) is 6.42 Å². The van der Waals surface area contributed by atoms with Gasteiger partial charge in [-0.3, -0.25) is 9.59 Å². The molecule has 1 rings (SSSR count). The number of nitrogens with zero attached hydrogens (tertiary/aromatic N) is 1. The average Bonchev–Trinajstić information content (AvgIpc) is 2.27. The molecule has 2 N–H and O–H groups in total. The molecule has 1 fully saturated rings. The minimum atomic E-state index is -0.994. The number of likely N-dealkylation sites (tertiary alicyclic amines) is 1. The molecule has 1 heterocycles. The maximum atomic E-state index is 11.4. The highest BCUT2D eigenvalue weighted by molar-refractivity contribution is 5.83. The lowest BCUT2D eigenvalue weighted by Gasteiger charge is -2.26. The van der Waals surface area contributed by atoms with E-state index in [1.54, 1.807) is 0 Å². The van der Waals surface area contributed by atoms with Crippen LogP contribution in [0.15, 0.2) is 0 Å². The molecule has 0 bridgehead atoms. The third-order valence-electron chi connectivity index (χ3n) is 2.85. The lowest BCUT2D eigenvalue weighted by Crippen LogP contribution is -2.40. The summed E-state index contributed by atoms with van der Waals surface area (Å²) in [5, 5.41) is 11.1. The summed E-state index contributed by atoms with van der Waals surface area (Å²) in [6, 6.07) is -0.797. The first-order valence-electron chi connectivity index (χ1n) is 5.84. The van der Waals surface area contributed by atoms with Crippen LogP contribution in [0.4, 0.5) is 0 Å². The maximum absolute atomic E-state index is 11.4. The van der Waals surface area contributed by atoms with Crippen molar-refractivity contribution in [1.29, 1.82) is 0 Å². The van der Waals surface area contributed by atoms with Gasteiger partial charge in [0.1, 0.15) is 6.04 Å². The maximum Gasteiger partial charge on any atom is 0.325 e. The smallest absolute Gasteiger partial charge is 0.325 e. The molecule has 0 aliphatic carbocycles. The first-order chi connectivity index (χ1) is 7.59. The van der Waals surface area contributed by atoms with Crippen molar-refractivity contribution in [2.75, 3.05) is 19.6 Å². The van der Waals surface area contributed by atoms with Crippen LogP contribution in [0.5, 0.6) is 0 Å². The summed E-state index contributed by atoms with van der Waals surface area (Å²) < 4.78 is 0.